The Morgan fingerprint density at radius 2 is 1.62 bits per heavy atom. The molecule has 0 aliphatic carbocycles. The first-order chi connectivity index (χ1) is 13.9. The predicted molar refractivity (Wildman–Crippen MR) is 110 cm³/mol. The number of ether oxygens (including phenoxy) is 2. The number of aliphatic imine (C=N–C) groups is 1. The van der Waals surface area contributed by atoms with E-state index in [-0.39, 0.29) is 12.4 Å². The lowest BCUT2D eigenvalue weighted by molar-refractivity contribution is -0.274. The number of hydrogen-bond acceptors (Lipinski definition) is 3. The molecule has 0 aliphatic rings. The van der Waals surface area contributed by atoms with Crippen molar-refractivity contribution in [3.8, 4) is 11.5 Å². The van der Waals surface area contributed by atoms with Crippen LogP contribution in [0.25, 0.3) is 0 Å². The molecule has 0 bridgehead atoms. The topological polar surface area (TPSA) is 30.8 Å². The smallest absolute Gasteiger partial charge is 0.489 e. The minimum atomic E-state index is -4.68. The average molecular weight is 407 g/mol. The summed E-state index contributed by atoms with van der Waals surface area (Å²) in [5.41, 5.74) is 1.76. The molecular weight excluding hydrogens is 379 g/mol. The van der Waals surface area contributed by atoms with Gasteiger partial charge in [-0.1, -0.05) is 45.2 Å². The zero-order valence-electron chi connectivity index (χ0n) is 16.9. The zero-order valence-corrected chi connectivity index (χ0v) is 16.9. The molecule has 1 atom stereocenters. The summed E-state index contributed by atoms with van der Waals surface area (Å²) in [6.07, 6.45) is 2.03. The standard InChI is InChI=1S/C23H28F3NO2/c1-3-5-6-18(4-2)15-27-16-19-7-11-21(12-8-19)28-17-20-9-13-22(14-10-20)29-23(24,25)26/h7-14,16,18H,3-6,15,17H2,1-2H3. The van der Waals surface area contributed by atoms with E-state index >= 15 is 0 Å². The number of rotatable bonds is 11. The van der Waals surface area contributed by atoms with Gasteiger partial charge in [-0.15, -0.1) is 13.2 Å². The van der Waals surface area contributed by atoms with E-state index in [4.69, 9.17) is 4.74 Å². The van der Waals surface area contributed by atoms with E-state index in [2.05, 4.69) is 23.6 Å². The third-order valence-corrected chi connectivity index (χ3v) is 4.59. The van der Waals surface area contributed by atoms with Gasteiger partial charge >= 0.3 is 6.36 Å². The second-order valence-corrected chi connectivity index (χ2v) is 6.96. The summed E-state index contributed by atoms with van der Waals surface area (Å²) in [4.78, 5) is 4.56. The molecule has 0 saturated heterocycles. The maximum Gasteiger partial charge on any atom is 0.573 e. The number of hydrogen-bond donors (Lipinski definition) is 0. The molecule has 0 spiro atoms. The lowest BCUT2D eigenvalue weighted by Crippen LogP contribution is -2.17. The SMILES string of the molecule is CCCCC(CC)CN=Cc1ccc(OCc2ccc(OC(F)(F)F)cc2)cc1. The van der Waals surface area contributed by atoms with Gasteiger partial charge in [0.2, 0.25) is 0 Å². The first-order valence-electron chi connectivity index (χ1n) is 9.97. The number of halogens is 3. The molecule has 158 valence electrons. The van der Waals surface area contributed by atoms with Gasteiger partial charge < -0.3 is 9.47 Å². The normalized spacial score (nSPS) is 12.9. The van der Waals surface area contributed by atoms with Crippen LogP contribution in [0.3, 0.4) is 0 Å². The molecule has 2 aromatic rings. The van der Waals surface area contributed by atoms with E-state index in [0.717, 1.165) is 24.1 Å². The Hall–Kier alpha value is -2.50. The van der Waals surface area contributed by atoms with Gasteiger partial charge in [-0.2, -0.15) is 0 Å². The summed E-state index contributed by atoms with van der Waals surface area (Å²) < 4.78 is 46.1. The minimum absolute atomic E-state index is 0.245. The van der Waals surface area contributed by atoms with Gasteiger partial charge in [0, 0.05) is 12.8 Å². The molecule has 0 fully saturated rings. The first-order valence-corrected chi connectivity index (χ1v) is 9.97. The van der Waals surface area contributed by atoms with Gasteiger partial charge in [0.25, 0.3) is 0 Å². The van der Waals surface area contributed by atoms with E-state index in [1.54, 1.807) is 12.1 Å². The van der Waals surface area contributed by atoms with Gasteiger partial charge in [0.15, 0.2) is 0 Å². The Labute approximate surface area is 170 Å². The van der Waals surface area contributed by atoms with Crippen LogP contribution in [-0.4, -0.2) is 19.1 Å². The third-order valence-electron chi connectivity index (χ3n) is 4.59. The van der Waals surface area contributed by atoms with E-state index in [1.807, 2.05) is 30.5 Å². The maximum absolute atomic E-state index is 12.2. The fourth-order valence-corrected chi connectivity index (χ4v) is 2.83. The Bertz CT molecular complexity index is 740. The van der Waals surface area contributed by atoms with Crippen LogP contribution in [0.4, 0.5) is 13.2 Å². The van der Waals surface area contributed by atoms with Gasteiger partial charge in [-0.3, -0.25) is 4.99 Å². The van der Waals surface area contributed by atoms with Crippen molar-refractivity contribution in [3.63, 3.8) is 0 Å². The summed E-state index contributed by atoms with van der Waals surface area (Å²) in [6.45, 7) is 5.52. The Morgan fingerprint density at radius 3 is 2.21 bits per heavy atom. The van der Waals surface area contributed by atoms with E-state index in [1.165, 1.54) is 31.4 Å². The van der Waals surface area contributed by atoms with Gasteiger partial charge in [-0.25, -0.2) is 0 Å². The number of unbranched alkanes of at least 4 members (excludes halogenated alkanes) is 1. The highest BCUT2D eigenvalue weighted by Gasteiger charge is 2.30. The van der Waals surface area contributed by atoms with Crippen molar-refractivity contribution in [3.05, 3.63) is 59.7 Å². The zero-order chi connectivity index (χ0) is 21.1. The molecule has 2 aromatic carbocycles. The van der Waals surface area contributed by atoms with Crippen LogP contribution in [0.15, 0.2) is 53.5 Å². The summed E-state index contributed by atoms with van der Waals surface area (Å²) in [5.74, 6) is 1.08. The molecule has 0 N–H and O–H groups in total. The van der Waals surface area contributed by atoms with Crippen molar-refractivity contribution in [1.29, 1.82) is 0 Å². The van der Waals surface area contributed by atoms with E-state index in [9.17, 15) is 13.2 Å². The molecule has 3 nitrogen and oxygen atoms in total. The molecule has 0 aromatic heterocycles. The van der Waals surface area contributed by atoms with Crippen molar-refractivity contribution < 1.29 is 22.6 Å². The summed E-state index contributed by atoms with van der Waals surface area (Å²) >= 11 is 0. The first kappa shape index (κ1) is 22.8. The second kappa shape index (κ2) is 11.5. The lowest BCUT2D eigenvalue weighted by atomic mass is 10.00. The Balaban J connectivity index is 1.80. The number of nitrogens with zero attached hydrogens (tertiary/aromatic N) is 1. The molecule has 1 unspecified atom stereocenters. The highest BCUT2D eigenvalue weighted by atomic mass is 19.4. The molecule has 0 heterocycles. The van der Waals surface area contributed by atoms with Crippen LogP contribution >= 0.6 is 0 Å². The van der Waals surface area contributed by atoms with Crippen LogP contribution in [0.2, 0.25) is 0 Å². The van der Waals surface area contributed by atoms with Crippen LogP contribution < -0.4 is 9.47 Å². The summed E-state index contributed by atoms with van der Waals surface area (Å²) in [5, 5.41) is 0. The van der Waals surface area contributed by atoms with Crippen LogP contribution in [0.1, 0.15) is 50.7 Å². The Morgan fingerprint density at radius 1 is 0.966 bits per heavy atom. The molecule has 0 amide bonds. The van der Waals surface area contributed by atoms with E-state index in [0.29, 0.717) is 11.7 Å². The van der Waals surface area contributed by atoms with Crippen molar-refractivity contribution >= 4 is 6.21 Å². The maximum atomic E-state index is 12.2. The predicted octanol–water partition coefficient (Wildman–Crippen LogP) is 6.80. The summed E-state index contributed by atoms with van der Waals surface area (Å²) in [7, 11) is 0. The van der Waals surface area contributed by atoms with Crippen molar-refractivity contribution in [2.24, 2.45) is 10.9 Å². The quantitative estimate of drug-likeness (QED) is 0.384. The largest absolute Gasteiger partial charge is 0.573 e. The molecule has 0 saturated carbocycles. The lowest BCUT2D eigenvalue weighted by Gasteiger charge is -2.11. The van der Waals surface area contributed by atoms with Crippen LogP contribution in [0.5, 0.6) is 11.5 Å². The highest BCUT2D eigenvalue weighted by Crippen LogP contribution is 2.23. The third kappa shape index (κ3) is 9.03. The molecular formula is C23H28F3NO2. The molecule has 0 radical (unpaired) electrons. The summed E-state index contributed by atoms with van der Waals surface area (Å²) in [6, 6.07) is 13.2. The fourth-order valence-electron chi connectivity index (χ4n) is 2.83. The fraction of sp³-hybridized carbons (Fsp3) is 0.435. The van der Waals surface area contributed by atoms with Crippen LogP contribution in [-0.2, 0) is 6.61 Å². The molecule has 29 heavy (non-hydrogen) atoms. The van der Waals surface area contributed by atoms with Gasteiger partial charge in [0.1, 0.15) is 18.1 Å². The van der Waals surface area contributed by atoms with Crippen molar-refractivity contribution in [2.75, 3.05) is 6.54 Å². The minimum Gasteiger partial charge on any atom is -0.489 e. The molecule has 6 heteroatoms. The second-order valence-electron chi connectivity index (χ2n) is 6.96. The van der Waals surface area contributed by atoms with Crippen LogP contribution in [0, 0.1) is 5.92 Å². The van der Waals surface area contributed by atoms with E-state index < -0.39 is 6.36 Å². The number of benzene rings is 2. The Kier molecular flexibility index (Phi) is 9.03. The van der Waals surface area contributed by atoms with Gasteiger partial charge in [0.05, 0.1) is 0 Å². The average Bonchev–Trinajstić information content (AvgIpc) is 2.70. The molecule has 2 rings (SSSR count). The highest BCUT2D eigenvalue weighted by molar-refractivity contribution is 5.79. The molecule has 0 aliphatic heterocycles. The van der Waals surface area contributed by atoms with Crippen molar-refractivity contribution in [2.45, 2.75) is 52.5 Å². The monoisotopic (exact) mass is 407 g/mol. The number of alkyl halides is 3. The van der Waals surface area contributed by atoms with Crippen molar-refractivity contribution in [1.82, 2.24) is 0 Å². The van der Waals surface area contributed by atoms with Gasteiger partial charge in [-0.05, 0) is 59.9 Å².